The first-order valence-electron chi connectivity index (χ1n) is 6.01. The molecule has 1 saturated heterocycles. The molecule has 0 unspecified atom stereocenters. The maximum atomic E-state index is 11.7. The number of piperidine rings is 1. The van der Waals surface area contributed by atoms with Crippen LogP contribution in [-0.2, 0) is 9.53 Å². The molecule has 1 aromatic rings. The maximum Gasteiger partial charge on any atom is 0.293 e. The minimum Gasteiger partial charge on any atom is -0.375 e. The van der Waals surface area contributed by atoms with Gasteiger partial charge in [-0.3, -0.25) is 9.59 Å². The summed E-state index contributed by atoms with van der Waals surface area (Å²) in [4.78, 5) is 25.0. The van der Waals surface area contributed by atoms with Crippen molar-refractivity contribution in [1.82, 2.24) is 30.8 Å². The van der Waals surface area contributed by atoms with Crippen molar-refractivity contribution in [1.29, 1.82) is 0 Å². The van der Waals surface area contributed by atoms with Crippen LogP contribution in [0.4, 0.5) is 0 Å². The molecule has 1 aliphatic rings. The van der Waals surface area contributed by atoms with Crippen LogP contribution in [0.1, 0.15) is 23.5 Å². The van der Waals surface area contributed by atoms with E-state index in [2.05, 4.69) is 25.9 Å². The summed E-state index contributed by atoms with van der Waals surface area (Å²) in [6.07, 6.45) is 1.41. The minimum atomic E-state index is -0.351. The van der Waals surface area contributed by atoms with Gasteiger partial charge >= 0.3 is 0 Å². The van der Waals surface area contributed by atoms with Crippen molar-refractivity contribution >= 4 is 11.8 Å². The van der Waals surface area contributed by atoms with Gasteiger partial charge in [-0.05, 0) is 18.1 Å². The summed E-state index contributed by atoms with van der Waals surface area (Å²) in [7, 11) is 1.50. The standard InChI is InChI=1S/C10H16N6O3/c1-19-6-8(17)16-4-2-7(3-5-16)11-10(18)9-12-14-15-13-9/h7H,2-6H2,1H3,(H,11,18)(H,12,13,14,15). The van der Waals surface area contributed by atoms with Crippen molar-refractivity contribution in [3.8, 4) is 0 Å². The molecular formula is C10H16N6O3. The zero-order chi connectivity index (χ0) is 13.7. The van der Waals surface area contributed by atoms with Crippen LogP contribution in [0.5, 0.6) is 0 Å². The lowest BCUT2D eigenvalue weighted by Crippen LogP contribution is -2.47. The molecular weight excluding hydrogens is 252 g/mol. The first kappa shape index (κ1) is 13.4. The molecule has 19 heavy (non-hydrogen) atoms. The topological polar surface area (TPSA) is 113 Å². The molecule has 2 rings (SSSR count). The number of likely N-dealkylation sites (tertiary alicyclic amines) is 1. The lowest BCUT2D eigenvalue weighted by Gasteiger charge is -2.32. The molecule has 0 aromatic carbocycles. The number of tetrazole rings is 1. The lowest BCUT2D eigenvalue weighted by atomic mass is 10.0. The first-order valence-corrected chi connectivity index (χ1v) is 6.01. The van der Waals surface area contributed by atoms with E-state index in [1.165, 1.54) is 7.11 Å². The molecule has 0 radical (unpaired) electrons. The number of aromatic nitrogens is 4. The summed E-state index contributed by atoms with van der Waals surface area (Å²) in [6.45, 7) is 1.32. The van der Waals surface area contributed by atoms with E-state index in [0.29, 0.717) is 25.9 Å². The number of hydrogen-bond donors (Lipinski definition) is 2. The van der Waals surface area contributed by atoms with Gasteiger partial charge in [-0.25, -0.2) is 0 Å². The molecule has 0 aliphatic carbocycles. The van der Waals surface area contributed by atoms with Crippen LogP contribution in [0, 0.1) is 0 Å². The molecule has 9 nitrogen and oxygen atoms in total. The van der Waals surface area contributed by atoms with E-state index in [1.54, 1.807) is 4.90 Å². The highest BCUT2D eigenvalue weighted by atomic mass is 16.5. The summed E-state index contributed by atoms with van der Waals surface area (Å²) in [5.74, 6) is -0.348. The number of nitrogens with one attached hydrogen (secondary N) is 2. The predicted molar refractivity (Wildman–Crippen MR) is 63.1 cm³/mol. The summed E-state index contributed by atoms with van der Waals surface area (Å²) in [5, 5.41) is 15.6. The van der Waals surface area contributed by atoms with Crippen molar-refractivity contribution in [2.45, 2.75) is 18.9 Å². The fraction of sp³-hybridized carbons (Fsp3) is 0.700. The number of methoxy groups -OCH3 is 1. The SMILES string of the molecule is COCC(=O)N1CCC(NC(=O)c2nn[nH]n2)CC1. The number of H-pyrrole nitrogens is 1. The molecule has 2 N–H and O–H groups in total. The van der Waals surface area contributed by atoms with E-state index < -0.39 is 0 Å². The van der Waals surface area contributed by atoms with Crippen LogP contribution in [0.15, 0.2) is 0 Å². The highest BCUT2D eigenvalue weighted by Gasteiger charge is 2.24. The highest BCUT2D eigenvalue weighted by molar-refractivity contribution is 5.90. The number of carbonyl (C=O) groups is 2. The largest absolute Gasteiger partial charge is 0.375 e. The van der Waals surface area contributed by atoms with Gasteiger partial charge in [0.15, 0.2) is 0 Å². The Morgan fingerprint density at radius 2 is 2.21 bits per heavy atom. The molecule has 1 aromatic heterocycles. The van der Waals surface area contributed by atoms with Gasteiger partial charge in [0.25, 0.3) is 11.7 Å². The molecule has 104 valence electrons. The van der Waals surface area contributed by atoms with Crippen LogP contribution in [0.2, 0.25) is 0 Å². The van der Waals surface area contributed by atoms with E-state index in [9.17, 15) is 9.59 Å². The lowest BCUT2D eigenvalue weighted by molar-refractivity contribution is -0.136. The normalized spacial score (nSPS) is 16.4. The number of carbonyl (C=O) groups excluding carboxylic acids is 2. The molecule has 2 amide bonds. The number of hydrogen-bond acceptors (Lipinski definition) is 6. The number of nitrogens with zero attached hydrogens (tertiary/aromatic N) is 4. The second kappa shape index (κ2) is 6.23. The van der Waals surface area contributed by atoms with Gasteiger partial charge < -0.3 is 15.0 Å². The van der Waals surface area contributed by atoms with Crippen LogP contribution < -0.4 is 5.32 Å². The molecule has 0 spiro atoms. The Labute approximate surface area is 109 Å². The zero-order valence-electron chi connectivity index (χ0n) is 10.6. The molecule has 0 saturated carbocycles. The number of ether oxygens (including phenoxy) is 1. The zero-order valence-corrected chi connectivity index (χ0v) is 10.6. The third kappa shape index (κ3) is 3.47. The van der Waals surface area contributed by atoms with Crippen molar-refractivity contribution in [3.63, 3.8) is 0 Å². The van der Waals surface area contributed by atoms with E-state index in [4.69, 9.17) is 4.74 Å². The third-order valence-electron chi connectivity index (χ3n) is 3.00. The number of rotatable bonds is 4. The Hall–Kier alpha value is -2.03. The second-order valence-corrected chi connectivity index (χ2v) is 4.30. The fourth-order valence-electron chi connectivity index (χ4n) is 2.00. The maximum absolute atomic E-state index is 11.7. The Morgan fingerprint density at radius 1 is 1.47 bits per heavy atom. The van der Waals surface area contributed by atoms with Gasteiger partial charge in [-0.15, -0.1) is 10.2 Å². The Balaban J connectivity index is 1.77. The van der Waals surface area contributed by atoms with E-state index >= 15 is 0 Å². The van der Waals surface area contributed by atoms with Gasteiger partial charge in [0.05, 0.1) is 0 Å². The monoisotopic (exact) mass is 268 g/mol. The minimum absolute atomic E-state index is 0.0227. The van der Waals surface area contributed by atoms with Crippen molar-refractivity contribution in [2.24, 2.45) is 0 Å². The van der Waals surface area contributed by atoms with Crippen molar-refractivity contribution in [2.75, 3.05) is 26.8 Å². The quantitative estimate of drug-likeness (QED) is 0.692. The Morgan fingerprint density at radius 3 is 2.79 bits per heavy atom. The molecule has 0 bridgehead atoms. The van der Waals surface area contributed by atoms with Gasteiger partial charge in [0.2, 0.25) is 5.91 Å². The van der Waals surface area contributed by atoms with Crippen molar-refractivity contribution in [3.05, 3.63) is 5.82 Å². The smallest absolute Gasteiger partial charge is 0.293 e. The average Bonchev–Trinajstić information content (AvgIpc) is 2.94. The second-order valence-electron chi connectivity index (χ2n) is 4.30. The first-order chi connectivity index (χ1) is 9.20. The van der Waals surface area contributed by atoms with Gasteiger partial charge in [0, 0.05) is 26.2 Å². The molecule has 1 fully saturated rings. The summed E-state index contributed by atoms with van der Waals surface area (Å²) >= 11 is 0. The van der Waals surface area contributed by atoms with Gasteiger partial charge in [0.1, 0.15) is 6.61 Å². The number of aromatic amines is 1. The Kier molecular flexibility index (Phi) is 4.39. The highest BCUT2D eigenvalue weighted by Crippen LogP contribution is 2.10. The Bertz CT molecular complexity index is 426. The average molecular weight is 268 g/mol. The predicted octanol–water partition coefficient (Wildman–Crippen LogP) is -1.43. The summed E-state index contributed by atoms with van der Waals surface area (Å²) in [6, 6.07) is 0.0256. The molecule has 0 atom stereocenters. The van der Waals surface area contributed by atoms with Crippen LogP contribution >= 0.6 is 0 Å². The third-order valence-corrected chi connectivity index (χ3v) is 3.00. The van der Waals surface area contributed by atoms with E-state index in [-0.39, 0.29) is 30.3 Å². The van der Waals surface area contributed by atoms with Crippen LogP contribution in [-0.4, -0.2) is 70.2 Å². The van der Waals surface area contributed by atoms with Gasteiger partial charge in [-0.1, -0.05) is 0 Å². The molecule has 1 aliphatic heterocycles. The summed E-state index contributed by atoms with van der Waals surface area (Å²) < 4.78 is 4.81. The summed E-state index contributed by atoms with van der Waals surface area (Å²) in [5.41, 5.74) is 0. The van der Waals surface area contributed by atoms with E-state index in [1.807, 2.05) is 0 Å². The molecule has 9 heteroatoms. The van der Waals surface area contributed by atoms with E-state index in [0.717, 1.165) is 0 Å². The van der Waals surface area contributed by atoms with Crippen LogP contribution in [0.25, 0.3) is 0 Å². The van der Waals surface area contributed by atoms with Crippen molar-refractivity contribution < 1.29 is 14.3 Å². The van der Waals surface area contributed by atoms with Gasteiger partial charge in [-0.2, -0.15) is 5.21 Å². The number of amides is 2. The fourth-order valence-corrected chi connectivity index (χ4v) is 2.00. The van der Waals surface area contributed by atoms with Crippen LogP contribution in [0.3, 0.4) is 0 Å². The molecule has 2 heterocycles.